The maximum absolute atomic E-state index is 13.1. The number of halogens is 2. The molecule has 2 aromatic rings. The van der Waals surface area contributed by atoms with Crippen LogP contribution in [-0.4, -0.2) is 50.5 Å². The van der Waals surface area contributed by atoms with Crippen molar-refractivity contribution in [1.29, 1.82) is 0 Å². The number of nitrogens with zero attached hydrogens (tertiary/aromatic N) is 2. The minimum absolute atomic E-state index is 0.0803. The van der Waals surface area contributed by atoms with E-state index in [1.54, 1.807) is 55.5 Å². The lowest BCUT2D eigenvalue weighted by Gasteiger charge is -2.29. The number of benzene rings is 2. The van der Waals surface area contributed by atoms with Crippen molar-refractivity contribution in [3.63, 3.8) is 0 Å². The molecular formula is C23H29Cl2N3O4S. The third-order valence-corrected chi connectivity index (χ3v) is 6.75. The maximum Gasteiger partial charge on any atom is 0.242 e. The van der Waals surface area contributed by atoms with Gasteiger partial charge in [-0.15, -0.1) is 0 Å². The highest BCUT2D eigenvalue weighted by atomic mass is 35.5. The molecule has 0 aliphatic rings. The number of hydrogen-bond acceptors (Lipinski definition) is 4. The Morgan fingerprint density at radius 3 is 2.06 bits per heavy atom. The third-order valence-electron chi connectivity index (χ3n) is 5.05. The summed E-state index contributed by atoms with van der Waals surface area (Å²) in [6.07, 6.45) is 1.48. The molecule has 7 nitrogen and oxygen atoms in total. The molecule has 0 bridgehead atoms. The van der Waals surface area contributed by atoms with Crippen molar-refractivity contribution < 1.29 is 18.0 Å². The molecule has 1 N–H and O–H groups in total. The highest BCUT2D eigenvalue weighted by molar-refractivity contribution is 7.92. The minimum Gasteiger partial charge on any atom is -0.355 e. The van der Waals surface area contributed by atoms with Gasteiger partial charge in [0.05, 0.1) is 11.9 Å². The summed E-state index contributed by atoms with van der Waals surface area (Å²) in [4.78, 5) is 27.0. The quantitative estimate of drug-likeness (QED) is 0.490. The fourth-order valence-electron chi connectivity index (χ4n) is 3.30. The molecule has 33 heavy (non-hydrogen) atoms. The first kappa shape index (κ1) is 27.0. The van der Waals surface area contributed by atoms with E-state index in [4.69, 9.17) is 23.2 Å². The third kappa shape index (κ3) is 8.21. The number of rotatable bonds is 11. The van der Waals surface area contributed by atoms with Crippen molar-refractivity contribution in [2.45, 2.75) is 39.3 Å². The molecule has 2 rings (SSSR count). The van der Waals surface area contributed by atoms with Crippen molar-refractivity contribution in [2.24, 2.45) is 0 Å². The molecule has 0 aliphatic carbocycles. The van der Waals surface area contributed by atoms with Crippen LogP contribution in [0.4, 0.5) is 5.69 Å². The van der Waals surface area contributed by atoms with E-state index in [1.165, 1.54) is 9.21 Å². The second-order valence-corrected chi connectivity index (χ2v) is 10.4. The van der Waals surface area contributed by atoms with Gasteiger partial charge in [-0.1, -0.05) is 35.3 Å². The summed E-state index contributed by atoms with van der Waals surface area (Å²) in [5.41, 5.74) is 1.31. The van der Waals surface area contributed by atoms with E-state index >= 15 is 0 Å². The Kier molecular flexibility index (Phi) is 10.0. The molecule has 2 aromatic carbocycles. The van der Waals surface area contributed by atoms with Gasteiger partial charge in [0, 0.05) is 36.1 Å². The van der Waals surface area contributed by atoms with Gasteiger partial charge in [0.15, 0.2) is 0 Å². The largest absolute Gasteiger partial charge is 0.355 e. The first-order valence-electron chi connectivity index (χ1n) is 10.6. The van der Waals surface area contributed by atoms with Crippen molar-refractivity contribution in [2.75, 3.05) is 23.7 Å². The number of hydrogen-bond donors (Lipinski definition) is 1. The molecule has 10 heteroatoms. The van der Waals surface area contributed by atoms with Gasteiger partial charge in [0.25, 0.3) is 0 Å². The van der Waals surface area contributed by atoms with Crippen LogP contribution in [0.3, 0.4) is 0 Å². The van der Waals surface area contributed by atoms with E-state index in [2.05, 4.69) is 5.32 Å². The molecule has 1 atom stereocenters. The summed E-state index contributed by atoms with van der Waals surface area (Å²) in [5.74, 6) is -0.494. The van der Waals surface area contributed by atoms with Crippen molar-refractivity contribution in [3.8, 4) is 0 Å². The average molecular weight is 514 g/mol. The van der Waals surface area contributed by atoms with Crippen molar-refractivity contribution >= 4 is 50.7 Å². The van der Waals surface area contributed by atoms with Gasteiger partial charge >= 0.3 is 0 Å². The smallest absolute Gasteiger partial charge is 0.242 e. The monoisotopic (exact) mass is 513 g/mol. The van der Waals surface area contributed by atoms with E-state index in [0.29, 0.717) is 22.3 Å². The van der Waals surface area contributed by atoms with Crippen LogP contribution in [-0.2, 0) is 26.2 Å². The Morgan fingerprint density at radius 1 is 1.00 bits per heavy atom. The molecule has 0 aromatic heterocycles. The van der Waals surface area contributed by atoms with Crippen LogP contribution >= 0.6 is 23.2 Å². The van der Waals surface area contributed by atoms with Crippen LogP contribution in [0, 0.1) is 0 Å². The molecule has 0 radical (unpaired) electrons. The zero-order valence-corrected chi connectivity index (χ0v) is 21.3. The first-order chi connectivity index (χ1) is 15.5. The van der Waals surface area contributed by atoms with E-state index in [-0.39, 0.29) is 37.7 Å². The molecule has 0 saturated carbocycles. The van der Waals surface area contributed by atoms with Gasteiger partial charge in [-0.25, -0.2) is 8.42 Å². The number of sulfonamides is 1. The number of amides is 2. The Labute approximate surface area is 205 Å². The van der Waals surface area contributed by atoms with Crippen LogP contribution in [0.1, 0.15) is 32.3 Å². The fourth-order valence-corrected chi connectivity index (χ4v) is 4.52. The van der Waals surface area contributed by atoms with Crippen LogP contribution in [0.5, 0.6) is 0 Å². The van der Waals surface area contributed by atoms with Crippen LogP contribution in [0.15, 0.2) is 48.5 Å². The molecule has 2 amide bonds. The van der Waals surface area contributed by atoms with Gasteiger partial charge < -0.3 is 10.2 Å². The van der Waals surface area contributed by atoms with Crippen LogP contribution in [0.25, 0.3) is 0 Å². The summed E-state index contributed by atoms with van der Waals surface area (Å²) >= 11 is 11.9. The average Bonchev–Trinajstić information content (AvgIpc) is 2.76. The molecule has 0 aliphatic heterocycles. The van der Waals surface area contributed by atoms with Gasteiger partial charge in [-0.05, 0) is 62.2 Å². The number of nitrogens with one attached hydrogen (secondary N) is 1. The summed E-state index contributed by atoms with van der Waals surface area (Å²) < 4.78 is 25.8. The van der Waals surface area contributed by atoms with E-state index in [0.717, 1.165) is 11.8 Å². The first-order valence-corrected chi connectivity index (χ1v) is 13.2. The molecule has 0 spiro atoms. The number of carbonyl (C=O) groups excluding carboxylic acids is 2. The van der Waals surface area contributed by atoms with Gasteiger partial charge in [0.1, 0.15) is 6.04 Å². The molecule has 0 heterocycles. The summed E-state index contributed by atoms with van der Waals surface area (Å²) in [6, 6.07) is 12.8. The zero-order chi connectivity index (χ0) is 24.6. The predicted octanol–water partition coefficient (Wildman–Crippen LogP) is 4.09. The Morgan fingerprint density at radius 2 is 1.55 bits per heavy atom. The lowest BCUT2D eigenvalue weighted by Crippen LogP contribution is -2.47. The maximum atomic E-state index is 13.1. The lowest BCUT2D eigenvalue weighted by molar-refractivity contribution is -0.140. The van der Waals surface area contributed by atoms with Crippen molar-refractivity contribution in [1.82, 2.24) is 10.2 Å². The topological polar surface area (TPSA) is 86.8 Å². The highest BCUT2D eigenvalue weighted by Gasteiger charge is 2.26. The molecule has 0 unspecified atom stereocenters. The second kappa shape index (κ2) is 12.3. The Hall–Kier alpha value is -2.29. The number of carbonyl (C=O) groups is 2. The van der Waals surface area contributed by atoms with Gasteiger partial charge in [-0.3, -0.25) is 13.9 Å². The van der Waals surface area contributed by atoms with Crippen LogP contribution < -0.4 is 9.62 Å². The molecule has 0 fully saturated rings. The zero-order valence-electron chi connectivity index (χ0n) is 18.9. The molecule has 180 valence electrons. The normalized spacial score (nSPS) is 12.2. The van der Waals surface area contributed by atoms with Crippen LogP contribution in [0.2, 0.25) is 10.0 Å². The number of anilines is 1. The van der Waals surface area contributed by atoms with Gasteiger partial charge in [-0.2, -0.15) is 0 Å². The second-order valence-electron chi connectivity index (χ2n) is 7.63. The standard InChI is InChI=1S/C23H29Cl2N3O4S/c1-4-26-23(30)17(2)27(16-18-7-9-19(24)10-8-18)22(29)6-5-15-28(33(3,31)32)21-13-11-20(25)12-14-21/h7-14,17H,4-6,15-16H2,1-3H3,(H,26,30)/t17-/m1/s1. The minimum atomic E-state index is -3.55. The molecule has 0 saturated heterocycles. The highest BCUT2D eigenvalue weighted by Crippen LogP contribution is 2.21. The van der Waals surface area contributed by atoms with Crippen molar-refractivity contribution in [3.05, 3.63) is 64.1 Å². The summed E-state index contributed by atoms with van der Waals surface area (Å²) in [7, 11) is -3.55. The fraction of sp³-hybridized carbons (Fsp3) is 0.391. The number of likely N-dealkylation sites (N-methyl/N-ethyl adjacent to an activating group) is 1. The Bertz CT molecular complexity index is 1040. The van der Waals surface area contributed by atoms with Gasteiger partial charge in [0.2, 0.25) is 21.8 Å². The lowest BCUT2D eigenvalue weighted by atomic mass is 10.1. The summed E-state index contributed by atoms with van der Waals surface area (Å²) in [5, 5.41) is 3.82. The SMILES string of the molecule is CCNC(=O)[C@@H](C)N(Cc1ccc(Cl)cc1)C(=O)CCCN(c1ccc(Cl)cc1)S(C)(=O)=O. The van der Waals surface area contributed by atoms with E-state index < -0.39 is 16.1 Å². The predicted molar refractivity (Wildman–Crippen MR) is 133 cm³/mol. The van der Waals surface area contributed by atoms with E-state index in [9.17, 15) is 18.0 Å². The van der Waals surface area contributed by atoms with E-state index in [1.807, 2.05) is 6.92 Å². The Balaban J connectivity index is 2.13. The molecular weight excluding hydrogens is 485 g/mol. The summed E-state index contributed by atoms with van der Waals surface area (Å²) in [6.45, 7) is 4.30.